The van der Waals surface area contributed by atoms with E-state index in [1.54, 1.807) is 0 Å². The molecule has 6 rings (SSSR count). The summed E-state index contributed by atoms with van der Waals surface area (Å²) in [5.74, 6) is 0.300. The van der Waals surface area contributed by atoms with Gasteiger partial charge in [-0.15, -0.1) is 0 Å². The van der Waals surface area contributed by atoms with Crippen LogP contribution in [0.5, 0.6) is 0 Å². The van der Waals surface area contributed by atoms with Crippen LogP contribution in [0.1, 0.15) is 56.5 Å². The molecule has 5 aromatic rings. The predicted octanol–water partition coefficient (Wildman–Crippen LogP) is 5.74. The van der Waals surface area contributed by atoms with Gasteiger partial charge >= 0.3 is 0 Å². The van der Waals surface area contributed by atoms with Gasteiger partial charge in [0, 0.05) is 28.1 Å². The third kappa shape index (κ3) is 3.69. The van der Waals surface area contributed by atoms with Crippen molar-refractivity contribution in [1.82, 2.24) is 19.6 Å². The Balaban J connectivity index is 1.56. The van der Waals surface area contributed by atoms with Crippen molar-refractivity contribution in [3.05, 3.63) is 83.7 Å². The number of aliphatic hydroxyl groups is 1. The molecule has 6 heteroatoms. The molecule has 36 heavy (non-hydrogen) atoms. The van der Waals surface area contributed by atoms with Crippen molar-refractivity contribution in [3.63, 3.8) is 0 Å². The summed E-state index contributed by atoms with van der Waals surface area (Å²) in [6.07, 6.45) is 1.12. The van der Waals surface area contributed by atoms with E-state index in [9.17, 15) is 5.11 Å². The van der Waals surface area contributed by atoms with Gasteiger partial charge in [-0.2, -0.15) is 9.61 Å². The highest BCUT2D eigenvalue weighted by Crippen LogP contribution is 2.46. The smallest absolute Gasteiger partial charge is 0.165 e. The normalized spacial score (nSPS) is 21.9. The van der Waals surface area contributed by atoms with Gasteiger partial charge in [-0.3, -0.25) is 0 Å². The van der Waals surface area contributed by atoms with Crippen LogP contribution in [0.15, 0.2) is 66.7 Å². The largest absolute Gasteiger partial charge is 0.390 e. The van der Waals surface area contributed by atoms with Gasteiger partial charge in [-0.1, -0.05) is 68.4 Å². The van der Waals surface area contributed by atoms with E-state index in [1.165, 1.54) is 0 Å². The van der Waals surface area contributed by atoms with Crippen LogP contribution in [0.2, 0.25) is 0 Å². The van der Waals surface area contributed by atoms with Crippen molar-refractivity contribution < 1.29 is 5.11 Å². The lowest BCUT2D eigenvalue weighted by atomic mass is 9.63. The monoisotopic (exact) mass is 477 g/mol. The first-order valence-electron chi connectivity index (χ1n) is 12.5. The summed E-state index contributed by atoms with van der Waals surface area (Å²) in [4.78, 5) is 10.1. The molecule has 0 bridgehead atoms. The average Bonchev–Trinajstić information content (AvgIpc) is 3.27. The minimum Gasteiger partial charge on any atom is -0.390 e. The molecular formula is C30H31N5O. The molecule has 3 heterocycles. The summed E-state index contributed by atoms with van der Waals surface area (Å²) in [6.45, 7) is 8.14. The van der Waals surface area contributed by atoms with Crippen LogP contribution < -0.4 is 5.73 Å². The van der Waals surface area contributed by atoms with Gasteiger partial charge in [0.15, 0.2) is 11.3 Å². The molecular weight excluding hydrogens is 446 g/mol. The molecule has 6 nitrogen and oxygen atoms in total. The minimum atomic E-state index is -0.691. The summed E-state index contributed by atoms with van der Waals surface area (Å²) in [5, 5.41) is 16.1. The molecule has 0 radical (unpaired) electrons. The van der Waals surface area contributed by atoms with Crippen LogP contribution >= 0.6 is 0 Å². The first kappa shape index (κ1) is 22.8. The number of aryl methyl sites for hydroxylation is 1. The Hall–Kier alpha value is -3.61. The van der Waals surface area contributed by atoms with E-state index in [1.807, 2.05) is 42.6 Å². The molecule has 2 aromatic carbocycles. The minimum absolute atomic E-state index is 0.300. The fraction of sp³-hybridized carbons (Fsp3) is 0.300. The number of hydrogen-bond donors (Lipinski definition) is 2. The van der Waals surface area contributed by atoms with Crippen molar-refractivity contribution >= 4 is 16.7 Å². The second-order valence-electron chi connectivity index (χ2n) is 10.9. The van der Waals surface area contributed by atoms with Crippen molar-refractivity contribution in [2.24, 2.45) is 5.73 Å². The third-order valence-corrected chi connectivity index (χ3v) is 7.39. The van der Waals surface area contributed by atoms with Crippen molar-refractivity contribution in [2.75, 3.05) is 0 Å². The van der Waals surface area contributed by atoms with Gasteiger partial charge in [0.25, 0.3) is 0 Å². The standard InChI is InChI=1S/C30H31N5O/c1-18(2)25-15-26-32-19(3)23-14-24(20-8-6-5-7-9-20)27(33-28(23)35(26)34-25)21-10-12-22(13-11-21)30(31)16-29(4,36)17-30/h5-15,18,36H,16-17,31H2,1-4H3/t29-,30+. The topological polar surface area (TPSA) is 89.3 Å². The summed E-state index contributed by atoms with van der Waals surface area (Å²) >= 11 is 0. The van der Waals surface area contributed by atoms with E-state index in [4.69, 9.17) is 20.8 Å². The number of fused-ring (bicyclic) bond motifs is 3. The molecule has 1 aliphatic rings. The van der Waals surface area contributed by atoms with E-state index in [-0.39, 0.29) is 0 Å². The SMILES string of the molecule is Cc1nc2cc(C(C)C)nn2c2nc(-c3ccc([C@]4(N)C[C@@](C)(O)C4)cc3)c(-c3ccccc3)cc12. The zero-order chi connectivity index (χ0) is 25.2. The van der Waals surface area contributed by atoms with Crippen molar-refractivity contribution in [3.8, 4) is 22.4 Å². The number of hydrogen-bond acceptors (Lipinski definition) is 5. The Morgan fingerprint density at radius 1 is 0.944 bits per heavy atom. The fourth-order valence-electron chi connectivity index (χ4n) is 5.60. The first-order valence-corrected chi connectivity index (χ1v) is 12.5. The van der Waals surface area contributed by atoms with Crippen molar-refractivity contribution in [2.45, 2.75) is 57.6 Å². The van der Waals surface area contributed by atoms with Crippen LogP contribution in [-0.4, -0.2) is 30.3 Å². The summed E-state index contributed by atoms with van der Waals surface area (Å²) in [7, 11) is 0. The Morgan fingerprint density at radius 2 is 1.64 bits per heavy atom. The highest BCUT2D eigenvalue weighted by Gasteiger charge is 2.49. The number of pyridine rings is 1. The number of nitrogens with zero attached hydrogens (tertiary/aromatic N) is 4. The number of rotatable bonds is 4. The van der Waals surface area contributed by atoms with E-state index in [0.717, 1.165) is 56.0 Å². The van der Waals surface area contributed by atoms with Gasteiger partial charge in [-0.05, 0) is 49.8 Å². The molecule has 0 spiro atoms. The zero-order valence-electron chi connectivity index (χ0n) is 21.2. The number of aromatic nitrogens is 4. The van der Waals surface area contributed by atoms with Crippen LogP contribution in [0, 0.1) is 6.92 Å². The quantitative estimate of drug-likeness (QED) is 0.344. The molecule has 3 N–H and O–H groups in total. The summed E-state index contributed by atoms with van der Waals surface area (Å²) < 4.78 is 1.87. The number of benzene rings is 2. The lowest BCUT2D eigenvalue weighted by molar-refractivity contribution is -0.0738. The maximum Gasteiger partial charge on any atom is 0.165 e. The molecule has 0 amide bonds. The van der Waals surface area contributed by atoms with E-state index >= 15 is 0 Å². The lowest BCUT2D eigenvalue weighted by Crippen LogP contribution is -2.58. The van der Waals surface area contributed by atoms with Crippen LogP contribution in [0.3, 0.4) is 0 Å². The van der Waals surface area contributed by atoms with Crippen LogP contribution in [0.4, 0.5) is 0 Å². The zero-order valence-corrected chi connectivity index (χ0v) is 21.2. The molecule has 1 fully saturated rings. The molecule has 182 valence electrons. The Labute approximate surface area is 210 Å². The average molecular weight is 478 g/mol. The van der Waals surface area contributed by atoms with Gasteiger partial charge in [-0.25, -0.2) is 9.97 Å². The van der Waals surface area contributed by atoms with Gasteiger partial charge in [0.2, 0.25) is 0 Å². The van der Waals surface area contributed by atoms with Crippen LogP contribution in [-0.2, 0) is 5.54 Å². The molecule has 0 atom stereocenters. The summed E-state index contributed by atoms with van der Waals surface area (Å²) in [6, 6.07) is 22.9. The Kier molecular flexibility index (Phi) is 5.04. The molecule has 1 saturated carbocycles. The third-order valence-electron chi connectivity index (χ3n) is 7.39. The maximum absolute atomic E-state index is 10.2. The van der Waals surface area contributed by atoms with E-state index in [2.05, 4.69) is 56.3 Å². The van der Waals surface area contributed by atoms with Crippen molar-refractivity contribution in [1.29, 1.82) is 0 Å². The van der Waals surface area contributed by atoms with Crippen LogP contribution in [0.25, 0.3) is 39.1 Å². The highest BCUT2D eigenvalue weighted by molar-refractivity contribution is 5.92. The van der Waals surface area contributed by atoms with E-state index in [0.29, 0.717) is 18.8 Å². The summed E-state index contributed by atoms with van der Waals surface area (Å²) in [5.41, 5.74) is 14.0. The van der Waals surface area contributed by atoms with Gasteiger partial charge < -0.3 is 10.8 Å². The molecule has 1 aliphatic carbocycles. The van der Waals surface area contributed by atoms with Gasteiger partial charge in [0.05, 0.1) is 22.7 Å². The number of nitrogens with two attached hydrogens (primary N) is 1. The second-order valence-corrected chi connectivity index (χ2v) is 10.9. The highest BCUT2D eigenvalue weighted by atomic mass is 16.3. The molecule has 0 saturated heterocycles. The molecule has 0 unspecified atom stereocenters. The fourth-order valence-corrected chi connectivity index (χ4v) is 5.60. The molecule has 0 aliphatic heterocycles. The first-order chi connectivity index (χ1) is 17.1. The van der Waals surface area contributed by atoms with E-state index < -0.39 is 11.1 Å². The Morgan fingerprint density at radius 3 is 2.28 bits per heavy atom. The second kappa shape index (κ2) is 7.95. The lowest BCUT2D eigenvalue weighted by Gasteiger charge is -2.49. The maximum atomic E-state index is 10.2. The molecule has 3 aromatic heterocycles. The van der Waals surface area contributed by atoms with Gasteiger partial charge in [0.1, 0.15) is 0 Å². The Bertz CT molecular complexity index is 1590. The predicted molar refractivity (Wildman–Crippen MR) is 144 cm³/mol.